The molecule has 0 radical (unpaired) electrons. The third kappa shape index (κ3) is 6.43. The van der Waals surface area contributed by atoms with Gasteiger partial charge >= 0.3 is 0 Å². The zero-order chi connectivity index (χ0) is 15.8. The molecule has 0 aliphatic carbocycles. The second kappa shape index (κ2) is 8.45. The molecule has 1 heterocycles. The van der Waals surface area contributed by atoms with Crippen molar-refractivity contribution in [3.8, 4) is 0 Å². The Hall–Kier alpha value is -1.84. The number of carbonyl (C=O) groups excluding carboxylic acids is 2. The number of amides is 2. The number of rotatable bonds is 2. The van der Waals surface area contributed by atoms with Crippen LogP contribution < -0.4 is 0 Å². The van der Waals surface area contributed by atoms with Crippen LogP contribution in [0.25, 0.3) is 0 Å². The molecule has 4 heteroatoms. The van der Waals surface area contributed by atoms with E-state index in [1.165, 1.54) is 17.4 Å². The lowest BCUT2D eigenvalue weighted by Crippen LogP contribution is -2.37. The molecule has 1 saturated heterocycles. The van der Waals surface area contributed by atoms with Crippen molar-refractivity contribution in [1.29, 1.82) is 0 Å². The highest BCUT2D eigenvalue weighted by Gasteiger charge is 2.22. The fourth-order valence-electron chi connectivity index (χ4n) is 2.00. The first-order chi connectivity index (χ1) is 9.90. The summed E-state index contributed by atoms with van der Waals surface area (Å²) in [7, 11) is 3.45. The van der Waals surface area contributed by atoms with E-state index < -0.39 is 0 Å². The van der Waals surface area contributed by atoms with Gasteiger partial charge in [-0.3, -0.25) is 9.59 Å². The topological polar surface area (TPSA) is 40.6 Å². The molecule has 0 saturated carbocycles. The summed E-state index contributed by atoms with van der Waals surface area (Å²) < 4.78 is 0. The van der Waals surface area contributed by atoms with Gasteiger partial charge in [0.05, 0.1) is 0 Å². The lowest BCUT2D eigenvalue weighted by atomic mass is 9.98. The summed E-state index contributed by atoms with van der Waals surface area (Å²) in [5, 5.41) is 0. The summed E-state index contributed by atoms with van der Waals surface area (Å²) in [5.74, 6) is 0.956. The minimum absolute atomic E-state index is 0.0926. The number of carbonyl (C=O) groups is 2. The molecule has 1 unspecified atom stereocenters. The fourth-order valence-corrected chi connectivity index (χ4v) is 2.00. The van der Waals surface area contributed by atoms with Crippen LogP contribution in [0.4, 0.5) is 0 Å². The van der Waals surface area contributed by atoms with Gasteiger partial charge < -0.3 is 9.80 Å². The molecule has 1 aliphatic rings. The Labute approximate surface area is 127 Å². The molecular formula is C17H26N2O2. The van der Waals surface area contributed by atoms with E-state index in [9.17, 15) is 9.59 Å². The first-order valence-electron chi connectivity index (χ1n) is 7.39. The van der Waals surface area contributed by atoms with Crippen molar-refractivity contribution in [2.45, 2.75) is 33.2 Å². The molecule has 0 bridgehead atoms. The Bertz CT molecular complexity index is 457. The van der Waals surface area contributed by atoms with Gasteiger partial charge in [0.25, 0.3) is 0 Å². The molecule has 21 heavy (non-hydrogen) atoms. The Morgan fingerprint density at radius 2 is 1.86 bits per heavy atom. The molecule has 2 amide bonds. The molecule has 0 N–H and O–H groups in total. The van der Waals surface area contributed by atoms with Gasteiger partial charge in [0.1, 0.15) is 0 Å². The number of nitrogens with zero attached hydrogens (tertiary/aromatic N) is 2. The molecular weight excluding hydrogens is 264 g/mol. The molecule has 4 nitrogen and oxygen atoms in total. The lowest BCUT2D eigenvalue weighted by molar-refractivity contribution is -0.135. The van der Waals surface area contributed by atoms with Gasteiger partial charge in [-0.15, -0.1) is 0 Å². The first kappa shape index (κ1) is 17.2. The number of hydrogen-bond donors (Lipinski definition) is 0. The monoisotopic (exact) mass is 290 g/mol. The number of hydrogen-bond acceptors (Lipinski definition) is 2. The van der Waals surface area contributed by atoms with Crippen molar-refractivity contribution in [1.82, 2.24) is 9.80 Å². The van der Waals surface area contributed by atoms with E-state index in [1.54, 1.807) is 14.1 Å². The van der Waals surface area contributed by atoms with E-state index in [1.807, 2.05) is 23.1 Å². The minimum Gasteiger partial charge on any atom is -0.349 e. The van der Waals surface area contributed by atoms with Crippen molar-refractivity contribution < 1.29 is 9.59 Å². The van der Waals surface area contributed by atoms with E-state index in [2.05, 4.69) is 19.1 Å². The zero-order valence-corrected chi connectivity index (χ0v) is 13.5. The first-order valence-corrected chi connectivity index (χ1v) is 7.39. The average molecular weight is 290 g/mol. The van der Waals surface area contributed by atoms with Crippen molar-refractivity contribution in [2.24, 2.45) is 5.92 Å². The van der Waals surface area contributed by atoms with Crippen LogP contribution in [0, 0.1) is 5.92 Å². The van der Waals surface area contributed by atoms with Gasteiger partial charge in [0.2, 0.25) is 11.8 Å². The second-order valence-corrected chi connectivity index (χ2v) is 5.81. The number of benzene rings is 1. The molecule has 0 aromatic heterocycles. The Morgan fingerprint density at radius 3 is 2.33 bits per heavy atom. The molecule has 1 aliphatic heterocycles. The third-order valence-electron chi connectivity index (χ3n) is 3.61. The lowest BCUT2D eigenvalue weighted by Gasteiger charge is -2.30. The van der Waals surface area contributed by atoms with Gasteiger partial charge in [0.15, 0.2) is 0 Å². The highest BCUT2D eigenvalue weighted by atomic mass is 16.2. The molecule has 1 atom stereocenters. The fraction of sp³-hybridized carbons (Fsp3) is 0.529. The molecule has 2 rings (SSSR count). The maximum Gasteiger partial charge on any atom is 0.223 e. The summed E-state index contributed by atoms with van der Waals surface area (Å²) >= 11 is 0. The predicted molar refractivity (Wildman–Crippen MR) is 84.6 cm³/mol. The molecule has 1 aromatic carbocycles. The van der Waals surface area contributed by atoms with Gasteiger partial charge in [-0.2, -0.15) is 0 Å². The Morgan fingerprint density at radius 1 is 1.29 bits per heavy atom. The normalized spacial score (nSPS) is 17.8. The van der Waals surface area contributed by atoms with E-state index in [0.29, 0.717) is 18.2 Å². The van der Waals surface area contributed by atoms with Gasteiger partial charge in [0, 0.05) is 40.5 Å². The van der Waals surface area contributed by atoms with Crippen molar-refractivity contribution >= 4 is 11.8 Å². The van der Waals surface area contributed by atoms with Gasteiger partial charge in [-0.05, 0) is 17.9 Å². The Balaban J connectivity index is 0.000000315. The third-order valence-corrected chi connectivity index (χ3v) is 3.61. The average Bonchev–Trinajstić information content (AvgIpc) is 2.44. The maximum absolute atomic E-state index is 11.7. The van der Waals surface area contributed by atoms with Crippen LogP contribution in [0.3, 0.4) is 0 Å². The molecule has 1 aromatic rings. The smallest absolute Gasteiger partial charge is 0.223 e. The number of piperidine rings is 1. The highest BCUT2D eigenvalue weighted by Crippen LogP contribution is 2.19. The van der Waals surface area contributed by atoms with Crippen LogP contribution in [-0.4, -0.2) is 42.3 Å². The standard InChI is InChI=1S/C13H17NO.C4H9NO/c1-11-7-8-14(13(15)9-11)10-12-5-3-2-4-6-12;1-4(6)5(2)3/h2-6,11H,7-10H2,1H3;1-3H3. The predicted octanol–water partition coefficient (Wildman–Crippen LogP) is 2.54. The van der Waals surface area contributed by atoms with Gasteiger partial charge in [-0.25, -0.2) is 0 Å². The Kier molecular flexibility index (Phi) is 6.92. The SMILES string of the molecule is CC(=O)N(C)C.CC1CCN(Cc2ccccc2)C(=O)C1. The van der Waals surface area contributed by atoms with Crippen LogP contribution in [-0.2, 0) is 16.1 Å². The minimum atomic E-state index is 0.0926. The summed E-state index contributed by atoms with van der Waals surface area (Å²) in [6, 6.07) is 10.2. The van der Waals surface area contributed by atoms with Crippen molar-refractivity contribution in [3.63, 3.8) is 0 Å². The summed E-state index contributed by atoms with van der Waals surface area (Å²) in [6.07, 6.45) is 1.85. The van der Waals surface area contributed by atoms with E-state index in [0.717, 1.165) is 19.5 Å². The van der Waals surface area contributed by atoms with Crippen molar-refractivity contribution in [2.75, 3.05) is 20.6 Å². The summed E-state index contributed by atoms with van der Waals surface area (Å²) in [4.78, 5) is 25.3. The van der Waals surface area contributed by atoms with Crippen LogP contribution >= 0.6 is 0 Å². The van der Waals surface area contributed by atoms with Crippen LogP contribution in [0.5, 0.6) is 0 Å². The van der Waals surface area contributed by atoms with Crippen molar-refractivity contribution in [3.05, 3.63) is 35.9 Å². The van der Waals surface area contributed by atoms with Crippen LogP contribution in [0.1, 0.15) is 32.3 Å². The second-order valence-electron chi connectivity index (χ2n) is 5.81. The molecule has 0 spiro atoms. The highest BCUT2D eigenvalue weighted by molar-refractivity contribution is 5.77. The van der Waals surface area contributed by atoms with Gasteiger partial charge in [-0.1, -0.05) is 37.3 Å². The molecule has 1 fully saturated rings. The summed E-state index contributed by atoms with van der Waals surface area (Å²) in [5.41, 5.74) is 1.22. The van der Waals surface area contributed by atoms with Crippen LogP contribution in [0.2, 0.25) is 0 Å². The van der Waals surface area contributed by atoms with E-state index in [4.69, 9.17) is 0 Å². The summed E-state index contributed by atoms with van der Waals surface area (Å²) in [6.45, 7) is 5.36. The maximum atomic E-state index is 11.7. The molecule has 116 valence electrons. The van der Waals surface area contributed by atoms with E-state index in [-0.39, 0.29) is 5.91 Å². The van der Waals surface area contributed by atoms with Crippen LogP contribution in [0.15, 0.2) is 30.3 Å². The quantitative estimate of drug-likeness (QED) is 0.840. The zero-order valence-electron chi connectivity index (χ0n) is 13.5. The largest absolute Gasteiger partial charge is 0.349 e. The number of likely N-dealkylation sites (tertiary alicyclic amines) is 1. The van der Waals surface area contributed by atoms with E-state index >= 15 is 0 Å².